The van der Waals surface area contributed by atoms with E-state index >= 15 is 0 Å². The van der Waals surface area contributed by atoms with Crippen LogP contribution in [-0.2, 0) is 4.79 Å². The molecule has 6 nitrogen and oxygen atoms in total. The molecule has 2 N–H and O–H groups in total. The summed E-state index contributed by atoms with van der Waals surface area (Å²) >= 11 is 13.3. The highest BCUT2D eigenvalue weighted by Gasteiger charge is 2.09. The number of hydrogen-bond donors (Lipinski definition) is 2. The van der Waals surface area contributed by atoms with Gasteiger partial charge in [-0.05, 0) is 42.0 Å². The van der Waals surface area contributed by atoms with Crippen molar-refractivity contribution in [1.82, 2.24) is 10.4 Å². The van der Waals surface area contributed by atoms with Gasteiger partial charge in [0.25, 0.3) is 0 Å². The summed E-state index contributed by atoms with van der Waals surface area (Å²) < 4.78 is 5.93. The van der Waals surface area contributed by atoms with Crippen LogP contribution < -0.4 is 15.5 Å². The van der Waals surface area contributed by atoms with Gasteiger partial charge in [-0.15, -0.1) is 0 Å². The summed E-state index contributed by atoms with van der Waals surface area (Å²) in [6.07, 6.45) is 1.62. The Morgan fingerprint density at radius 2 is 2.00 bits per heavy atom. The number of anilines is 1. The Bertz CT molecular complexity index is 918. The van der Waals surface area contributed by atoms with Gasteiger partial charge in [-0.25, -0.2) is 4.98 Å². The zero-order valence-electron chi connectivity index (χ0n) is 13.6. The molecular weight excluding hydrogens is 395 g/mol. The van der Waals surface area contributed by atoms with Crippen molar-refractivity contribution in [1.29, 1.82) is 0 Å². The van der Waals surface area contributed by atoms with Gasteiger partial charge in [0.15, 0.2) is 5.13 Å². The van der Waals surface area contributed by atoms with Crippen molar-refractivity contribution in [2.45, 2.75) is 0 Å². The molecule has 9 heteroatoms. The van der Waals surface area contributed by atoms with Crippen LogP contribution in [0, 0.1) is 0 Å². The SMILES string of the molecule is COc1ccc(/C=N/NCC(=O)Nc2nc3cc(Cl)c(Cl)cc3s2)cc1. The lowest BCUT2D eigenvalue weighted by Crippen LogP contribution is -2.24. The van der Waals surface area contributed by atoms with Crippen molar-refractivity contribution in [2.24, 2.45) is 5.10 Å². The lowest BCUT2D eigenvalue weighted by Gasteiger charge is -2.01. The molecular formula is C17H14Cl2N4O2S. The third-order valence-corrected chi connectivity index (χ3v) is 4.99. The average molecular weight is 409 g/mol. The van der Waals surface area contributed by atoms with Gasteiger partial charge < -0.3 is 15.5 Å². The van der Waals surface area contributed by atoms with Crippen molar-refractivity contribution in [3.05, 3.63) is 52.0 Å². The van der Waals surface area contributed by atoms with E-state index in [1.54, 1.807) is 25.5 Å². The Balaban J connectivity index is 1.53. The van der Waals surface area contributed by atoms with Crippen LogP contribution in [0.15, 0.2) is 41.5 Å². The minimum atomic E-state index is -0.256. The first-order valence-electron chi connectivity index (χ1n) is 7.50. The molecule has 0 atom stereocenters. The molecule has 0 fully saturated rings. The fourth-order valence-corrected chi connectivity index (χ4v) is 3.36. The van der Waals surface area contributed by atoms with E-state index < -0.39 is 0 Å². The second-order valence-electron chi connectivity index (χ2n) is 5.17. The second-order valence-corrected chi connectivity index (χ2v) is 7.01. The molecule has 0 bridgehead atoms. The van der Waals surface area contributed by atoms with E-state index in [0.29, 0.717) is 20.7 Å². The maximum Gasteiger partial charge on any atom is 0.247 e. The van der Waals surface area contributed by atoms with Crippen LogP contribution in [0.25, 0.3) is 10.2 Å². The van der Waals surface area contributed by atoms with Gasteiger partial charge >= 0.3 is 0 Å². The fraction of sp³-hybridized carbons (Fsp3) is 0.118. The van der Waals surface area contributed by atoms with Crippen molar-refractivity contribution in [3.8, 4) is 5.75 Å². The Morgan fingerprint density at radius 3 is 2.73 bits per heavy atom. The molecule has 0 spiro atoms. The zero-order valence-corrected chi connectivity index (χ0v) is 16.0. The predicted molar refractivity (Wildman–Crippen MR) is 107 cm³/mol. The van der Waals surface area contributed by atoms with Gasteiger partial charge in [0.2, 0.25) is 5.91 Å². The molecule has 1 aromatic heterocycles. The molecule has 1 heterocycles. The van der Waals surface area contributed by atoms with E-state index in [0.717, 1.165) is 16.0 Å². The Hall–Kier alpha value is -2.35. The van der Waals surface area contributed by atoms with Crippen molar-refractivity contribution in [2.75, 3.05) is 19.0 Å². The minimum Gasteiger partial charge on any atom is -0.497 e. The largest absolute Gasteiger partial charge is 0.497 e. The number of fused-ring (bicyclic) bond motifs is 1. The molecule has 3 rings (SSSR count). The van der Waals surface area contributed by atoms with E-state index in [9.17, 15) is 4.79 Å². The number of hydrazone groups is 1. The molecule has 0 aliphatic rings. The molecule has 134 valence electrons. The number of thiazole rings is 1. The molecule has 3 aromatic rings. The van der Waals surface area contributed by atoms with Crippen LogP contribution in [0.4, 0.5) is 5.13 Å². The van der Waals surface area contributed by atoms with Crippen LogP contribution in [0.3, 0.4) is 0 Å². The number of carbonyl (C=O) groups excluding carboxylic acids is 1. The first-order chi connectivity index (χ1) is 12.5. The summed E-state index contributed by atoms with van der Waals surface area (Å²) in [6.45, 7) is 0.0179. The maximum absolute atomic E-state index is 12.0. The second kappa shape index (κ2) is 8.35. The molecule has 0 aliphatic heterocycles. The number of nitrogens with zero attached hydrogens (tertiary/aromatic N) is 2. The zero-order chi connectivity index (χ0) is 18.5. The molecule has 2 aromatic carbocycles. The maximum atomic E-state index is 12.0. The normalized spacial score (nSPS) is 11.0. The highest BCUT2D eigenvalue weighted by atomic mass is 35.5. The van der Waals surface area contributed by atoms with Crippen molar-refractivity contribution < 1.29 is 9.53 Å². The molecule has 1 amide bonds. The van der Waals surface area contributed by atoms with E-state index in [1.807, 2.05) is 24.3 Å². The number of benzene rings is 2. The number of hydrogen-bond acceptors (Lipinski definition) is 6. The Morgan fingerprint density at radius 1 is 1.27 bits per heavy atom. The fourth-order valence-electron chi connectivity index (χ4n) is 2.07. The monoisotopic (exact) mass is 408 g/mol. The quantitative estimate of drug-likeness (QED) is 0.473. The number of ether oxygens (including phenoxy) is 1. The van der Waals surface area contributed by atoms with Crippen LogP contribution in [-0.4, -0.2) is 30.8 Å². The topological polar surface area (TPSA) is 75.6 Å². The molecule has 0 unspecified atom stereocenters. The summed E-state index contributed by atoms with van der Waals surface area (Å²) in [4.78, 5) is 16.3. The lowest BCUT2D eigenvalue weighted by molar-refractivity contribution is -0.115. The van der Waals surface area contributed by atoms with E-state index in [2.05, 4.69) is 20.8 Å². The third kappa shape index (κ3) is 4.63. The molecule has 0 radical (unpaired) electrons. The minimum absolute atomic E-state index is 0.0179. The van der Waals surface area contributed by atoms with Gasteiger partial charge in [0.1, 0.15) is 12.3 Å². The lowest BCUT2D eigenvalue weighted by atomic mass is 10.2. The number of methoxy groups -OCH3 is 1. The van der Waals surface area contributed by atoms with Crippen LogP contribution in [0.5, 0.6) is 5.75 Å². The Labute approximate surface area is 163 Å². The number of aromatic nitrogens is 1. The van der Waals surface area contributed by atoms with E-state index in [1.165, 1.54) is 11.3 Å². The number of nitrogens with one attached hydrogen (secondary N) is 2. The Kier molecular flexibility index (Phi) is 5.92. The van der Waals surface area contributed by atoms with Crippen molar-refractivity contribution in [3.63, 3.8) is 0 Å². The van der Waals surface area contributed by atoms with Crippen LogP contribution in [0.1, 0.15) is 5.56 Å². The summed E-state index contributed by atoms with van der Waals surface area (Å²) in [5.41, 5.74) is 4.27. The van der Waals surface area contributed by atoms with Gasteiger partial charge in [0.05, 0.1) is 33.6 Å². The number of halogens is 2. The summed E-state index contributed by atoms with van der Waals surface area (Å²) in [5, 5.41) is 8.09. The average Bonchev–Trinajstić information content (AvgIpc) is 3.00. The number of amides is 1. The highest BCUT2D eigenvalue weighted by molar-refractivity contribution is 7.22. The highest BCUT2D eigenvalue weighted by Crippen LogP contribution is 2.32. The van der Waals surface area contributed by atoms with Crippen LogP contribution >= 0.6 is 34.5 Å². The molecule has 0 saturated heterocycles. The number of rotatable bonds is 6. The van der Waals surface area contributed by atoms with Gasteiger partial charge in [-0.1, -0.05) is 34.5 Å². The van der Waals surface area contributed by atoms with E-state index in [-0.39, 0.29) is 12.5 Å². The third-order valence-electron chi connectivity index (χ3n) is 3.34. The van der Waals surface area contributed by atoms with Gasteiger partial charge in [-0.3, -0.25) is 4.79 Å². The van der Waals surface area contributed by atoms with Gasteiger partial charge in [-0.2, -0.15) is 5.10 Å². The van der Waals surface area contributed by atoms with E-state index in [4.69, 9.17) is 27.9 Å². The smallest absolute Gasteiger partial charge is 0.247 e. The van der Waals surface area contributed by atoms with Crippen LogP contribution in [0.2, 0.25) is 10.0 Å². The predicted octanol–water partition coefficient (Wildman–Crippen LogP) is 4.17. The molecule has 0 saturated carbocycles. The summed E-state index contributed by atoms with van der Waals surface area (Å²) in [7, 11) is 1.61. The molecule has 0 aliphatic carbocycles. The number of carbonyl (C=O) groups is 1. The first kappa shape index (κ1) is 18.4. The van der Waals surface area contributed by atoms with Crippen molar-refractivity contribution >= 4 is 62.0 Å². The first-order valence-corrected chi connectivity index (χ1v) is 9.08. The standard InChI is InChI=1S/C17H14Cl2N4O2S/c1-25-11-4-2-10(3-5-11)8-20-21-9-16(24)23-17-22-14-6-12(18)13(19)7-15(14)26-17/h2-8,21H,9H2,1H3,(H,22,23,24)/b20-8+. The van der Waals surface area contributed by atoms with Gasteiger partial charge in [0, 0.05) is 0 Å². The summed E-state index contributed by atoms with van der Waals surface area (Å²) in [6, 6.07) is 10.8. The summed E-state index contributed by atoms with van der Waals surface area (Å²) in [5.74, 6) is 0.515. The molecule has 26 heavy (non-hydrogen) atoms.